The summed E-state index contributed by atoms with van der Waals surface area (Å²) in [5.41, 5.74) is 0. The SMILES string of the molecule is C=CC[C@H](O)[C@H]1CCN2C(=O)CC[C@H]2C1.S.S.S. The summed E-state index contributed by atoms with van der Waals surface area (Å²) in [4.78, 5) is 13.5. The van der Waals surface area contributed by atoms with Crippen molar-refractivity contribution in [3.63, 3.8) is 0 Å². The highest BCUT2D eigenvalue weighted by Gasteiger charge is 2.37. The Labute approximate surface area is 130 Å². The van der Waals surface area contributed by atoms with Gasteiger partial charge in [-0.25, -0.2) is 0 Å². The van der Waals surface area contributed by atoms with Crippen molar-refractivity contribution in [2.75, 3.05) is 6.54 Å². The molecule has 0 unspecified atom stereocenters. The minimum Gasteiger partial charge on any atom is -0.393 e. The second-order valence-corrected chi connectivity index (χ2v) is 4.66. The van der Waals surface area contributed by atoms with Crippen LogP contribution < -0.4 is 0 Å². The lowest BCUT2D eigenvalue weighted by molar-refractivity contribution is -0.130. The normalized spacial score (nSPS) is 27.2. The van der Waals surface area contributed by atoms with Gasteiger partial charge in [0.1, 0.15) is 0 Å². The van der Waals surface area contributed by atoms with Crippen LogP contribution in [-0.2, 0) is 4.79 Å². The van der Waals surface area contributed by atoms with Gasteiger partial charge in [-0.05, 0) is 31.6 Å². The van der Waals surface area contributed by atoms with E-state index in [1.165, 1.54) is 0 Å². The average molecular weight is 312 g/mol. The van der Waals surface area contributed by atoms with E-state index in [0.717, 1.165) is 25.8 Å². The van der Waals surface area contributed by atoms with Crippen molar-refractivity contribution in [1.82, 2.24) is 4.90 Å². The average Bonchev–Trinajstić information content (AvgIpc) is 2.60. The van der Waals surface area contributed by atoms with E-state index in [1.807, 2.05) is 4.90 Å². The molecule has 0 aliphatic carbocycles. The van der Waals surface area contributed by atoms with E-state index in [-0.39, 0.29) is 46.6 Å². The number of aliphatic hydroxyl groups excluding tert-OH is 1. The molecule has 2 saturated heterocycles. The number of carbonyl (C=O) groups is 1. The van der Waals surface area contributed by atoms with E-state index in [4.69, 9.17) is 0 Å². The fourth-order valence-electron chi connectivity index (χ4n) is 2.83. The van der Waals surface area contributed by atoms with E-state index < -0.39 is 0 Å². The Kier molecular flexibility index (Phi) is 10.5. The van der Waals surface area contributed by atoms with Gasteiger partial charge in [-0.15, -0.1) is 6.58 Å². The van der Waals surface area contributed by atoms with E-state index in [9.17, 15) is 9.90 Å². The number of amides is 1. The van der Waals surface area contributed by atoms with Gasteiger partial charge in [0.25, 0.3) is 0 Å². The van der Waals surface area contributed by atoms with Crippen molar-refractivity contribution in [3.8, 4) is 0 Å². The standard InChI is InChI=1S/C12H19NO2.3H2S/c1-2-3-11(14)9-6-7-13-10(8-9)4-5-12(13)15;;;/h2,9-11,14H,1,3-8H2;3*1H2/t9-,10-,11-;;;/m0.../s1. The molecule has 0 radical (unpaired) electrons. The van der Waals surface area contributed by atoms with Gasteiger partial charge >= 0.3 is 0 Å². The molecule has 3 atom stereocenters. The molecule has 1 N–H and O–H groups in total. The zero-order chi connectivity index (χ0) is 10.8. The molecule has 18 heavy (non-hydrogen) atoms. The number of fused-ring (bicyclic) bond motifs is 1. The lowest BCUT2D eigenvalue weighted by Crippen LogP contribution is -2.43. The number of aliphatic hydroxyl groups is 1. The fourth-order valence-corrected chi connectivity index (χ4v) is 2.83. The molecule has 0 aromatic heterocycles. The molecule has 6 heteroatoms. The Hall–Kier alpha value is 0.220. The van der Waals surface area contributed by atoms with Gasteiger partial charge in [-0.1, -0.05) is 6.08 Å². The third-order valence-corrected chi connectivity index (χ3v) is 3.72. The van der Waals surface area contributed by atoms with Crippen LogP contribution in [0.25, 0.3) is 0 Å². The first-order chi connectivity index (χ1) is 7.22. The predicted molar refractivity (Wildman–Crippen MR) is 89.4 cm³/mol. The maximum absolute atomic E-state index is 11.5. The molecular weight excluding hydrogens is 286 g/mol. The first kappa shape index (κ1) is 20.5. The highest BCUT2D eigenvalue weighted by atomic mass is 32.1. The second kappa shape index (κ2) is 9.18. The van der Waals surface area contributed by atoms with Crippen LogP contribution in [0.5, 0.6) is 0 Å². The third-order valence-electron chi connectivity index (χ3n) is 3.72. The number of nitrogens with zero attached hydrogens (tertiary/aromatic N) is 1. The molecule has 2 heterocycles. The molecule has 108 valence electrons. The van der Waals surface area contributed by atoms with Gasteiger partial charge < -0.3 is 10.0 Å². The van der Waals surface area contributed by atoms with Gasteiger partial charge in [-0.3, -0.25) is 4.79 Å². The topological polar surface area (TPSA) is 40.5 Å². The van der Waals surface area contributed by atoms with Crippen molar-refractivity contribution >= 4 is 46.4 Å². The third kappa shape index (κ3) is 4.40. The van der Waals surface area contributed by atoms with Crippen LogP contribution in [0.2, 0.25) is 0 Å². The Morgan fingerprint density at radius 1 is 1.39 bits per heavy atom. The Morgan fingerprint density at radius 2 is 2.06 bits per heavy atom. The Morgan fingerprint density at radius 3 is 2.67 bits per heavy atom. The molecule has 2 aliphatic heterocycles. The monoisotopic (exact) mass is 311 g/mol. The van der Waals surface area contributed by atoms with Crippen LogP contribution in [-0.4, -0.2) is 34.6 Å². The van der Waals surface area contributed by atoms with E-state index >= 15 is 0 Å². The number of piperidine rings is 1. The molecule has 2 rings (SSSR count). The van der Waals surface area contributed by atoms with Gasteiger partial charge in [0.05, 0.1) is 6.10 Å². The molecule has 2 fully saturated rings. The minimum absolute atomic E-state index is 0. The van der Waals surface area contributed by atoms with Crippen LogP contribution >= 0.6 is 40.5 Å². The first-order valence-corrected chi connectivity index (χ1v) is 5.80. The van der Waals surface area contributed by atoms with Gasteiger partial charge in [0, 0.05) is 19.0 Å². The van der Waals surface area contributed by atoms with Crippen molar-refractivity contribution in [2.45, 2.75) is 44.2 Å². The summed E-state index contributed by atoms with van der Waals surface area (Å²) in [7, 11) is 0. The largest absolute Gasteiger partial charge is 0.393 e. The second-order valence-electron chi connectivity index (χ2n) is 4.66. The van der Waals surface area contributed by atoms with Crippen molar-refractivity contribution in [2.24, 2.45) is 5.92 Å². The number of hydrogen-bond donors (Lipinski definition) is 1. The first-order valence-electron chi connectivity index (χ1n) is 5.80. The van der Waals surface area contributed by atoms with Crippen molar-refractivity contribution < 1.29 is 9.90 Å². The lowest BCUT2D eigenvalue weighted by atomic mass is 9.85. The van der Waals surface area contributed by atoms with Crippen LogP contribution in [0, 0.1) is 5.92 Å². The molecule has 0 bridgehead atoms. The summed E-state index contributed by atoms with van der Waals surface area (Å²) in [6.45, 7) is 4.49. The zero-order valence-electron chi connectivity index (χ0n) is 10.6. The zero-order valence-corrected chi connectivity index (χ0v) is 13.6. The van der Waals surface area contributed by atoms with Crippen LogP contribution in [0.1, 0.15) is 32.1 Å². The summed E-state index contributed by atoms with van der Waals surface area (Å²) in [6.07, 6.45) is 5.78. The fraction of sp³-hybridized carbons (Fsp3) is 0.750. The van der Waals surface area contributed by atoms with Crippen LogP contribution in [0.15, 0.2) is 12.7 Å². The van der Waals surface area contributed by atoms with Crippen LogP contribution in [0.3, 0.4) is 0 Å². The van der Waals surface area contributed by atoms with E-state index in [1.54, 1.807) is 6.08 Å². The summed E-state index contributed by atoms with van der Waals surface area (Å²) in [6, 6.07) is 0.399. The lowest BCUT2D eigenvalue weighted by Gasteiger charge is -2.36. The highest BCUT2D eigenvalue weighted by molar-refractivity contribution is 7.59. The number of carbonyl (C=O) groups excluding carboxylic acids is 1. The Balaban J connectivity index is 0. The number of hydrogen-bond acceptors (Lipinski definition) is 2. The molecule has 2 aliphatic rings. The molecular formula is C12H25NO2S3. The molecule has 0 aromatic rings. The molecule has 0 saturated carbocycles. The number of rotatable bonds is 3. The quantitative estimate of drug-likeness (QED) is 0.805. The highest BCUT2D eigenvalue weighted by Crippen LogP contribution is 2.33. The summed E-state index contributed by atoms with van der Waals surface area (Å²) in [5, 5.41) is 9.89. The maximum Gasteiger partial charge on any atom is 0.222 e. The summed E-state index contributed by atoms with van der Waals surface area (Å²) < 4.78 is 0. The molecule has 1 amide bonds. The predicted octanol–water partition coefficient (Wildman–Crippen LogP) is 1.66. The van der Waals surface area contributed by atoms with Gasteiger partial charge in [0.2, 0.25) is 5.91 Å². The molecule has 0 spiro atoms. The van der Waals surface area contributed by atoms with Gasteiger partial charge in [-0.2, -0.15) is 40.5 Å². The molecule has 0 aromatic carbocycles. The van der Waals surface area contributed by atoms with E-state index in [2.05, 4.69) is 6.58 Å². The van der Waals surface area contributed by atoms with Crippen LogP contribution in [0.4, 0.5) is 0 Å². The minimum atomic E-state index is -0.264. The van der Waals surface area contributed by atoms with E-state index in [0.29, 0.717) is 30.7 Å². The van der Waals surface area contributed by atoms with Crippen molar-refractivity contribution in [1.29, 1.82) is 0 Å². The van der Waals surface area contributed by atoms with Gasteiger partial charge in [0.15, 0.2) is 0 Å². The molecule has 3 nitrogen and oxygen atoms in total. The smallest absolute Gasteiger partial charge is 0.222 e. The van der Waals surface area contributed by atoms with Crippen molar-refractivity contribution in [3.05, 3.63) is 12.7 Å². The summed E-state index contributed by atoms with van der Waals surface area (Å²) in [5.74, 6) is 0.659. The Bertz CT molecular complexity index is 276. The maximum atomic E-state index is 11.5. The summed E-state index contributed by atoms with van der Waals surface area (Å²) >= 11 is 0.